The molecule has 2 rings (SSSR count). The summed E-state index contributed by atoms with van der Waals surface area (Å²) in [7, 11) is 1.64. The molecule has 17 heavy (non-hydrogen) atoms. The molecule has 0 saturated heterocycles. The first-order valence-electron chi connectivity index (χ1n) is 5.65. The van der Waals surface area contributed by atoms with Crippen molar-refractivity contribution in [2.45, 2.75) is 19.4 Å². The van der Waals surface area contributed by atoms with E-state index in [1.807, 2.05) is 30.3 Å². The van der Waals surface area contributed by atoms with Crippen molar-refractivity contribution in [2.24, 2.45) is 5.92 Å². The molecular weight excluding hydrogens is 214 g/mol. The maximum atomic E-state index is 8.86. The van der Waals surface area contributed by atoms with Gasteiger partial charge in [-0.15, -0.1) is 0 Å². The number of hydrogen-bond acceptors (Lipinski definition) is 3. The lowest BCUT2D eigenvalue weighted by atomic mass is 9.92. The Bertz CT molecular complexity index is 456. The second-order valence-corrected chi connectivity index (χ2v) is 4.20. The molecule has 0 aromatic heterocycles. The smallest absolute Gasteiger partial charge is 0.193 e. The molecule has 0 spiro atoms. The number of nitriles is 1. The minimum atomic E-state index is -0.0412. The Hall–Kier alpha value is -1.95. The zero-order valence-electron chi connectivity index (χ0n) is 10.0. The highest BCUT2D eigenvalue weighted by molar-refractivity contribution is 5.30. The molecule has 0 saturated carbocycles. The molecule has 0 unspecified atom stereocenters. The summed E-state index contributed by atoms with van der Waals surface area (Å²) in [5.74, 6) is 1.62. The van der Waals surface area contributed by atoms with Crippen molar-refractivity contribution >= 4 is 0 Å². The molecule has 3 heteroatoms. The number of methoxy groups -OCH3 is 1. The Balaban J connectivity index is 2.21. The van der Waals surface area contributed by atoms with E-state index < -0.39 is 0 Å². The van der Waals surface area contributed by atoms with Crippen LogP contribution in [0.3, 0.4) is 0 Å². The van der Waals surface area contributed by atoms with E-state index in [1.54, 1.807) is 7.11 Å². The predicted molar refractivity (Wildman–Crippen MR) is 64.3 cm³/mol. The monoisotopic (exact) mass is 229 g/mol. The van der Waals surface area contributed by atoms with E-state index in [0.717, 1.165) is 17.7 Å². The van der Waals surface area contributed by atoms with E-state index in [-0.39, 0.29) is 6.10 Å². The Morgan fingerprint density at radius 1 is 1.35 bits per heavy atom. The van der Waals surface area contributed by atoms with Crippen LogP contribution in [-0.2, 0) is 4.74 Å². The first-order chi connectivity index (χ1) is 8.24. The zero-order chi connectivity index (χ0) is 12.3. The normalized spacial score (nSPS) is 23.2. The third kappa shape index (κ3) is 2.42. The summed E-state index contributed by atoms with van der Waals surface area (Å²) in [4.78, 5) is 0. The van der Waals surface area contributed by atoms with Crippen molar-refractivity contribution in [1.82, 2.24) is 0 Å². The van der Waals surface area contributed by atoms with Gasteiger partial charge >= 0.3 is 0 Å². The van der Waals surface area contributed by atoms with Gasteiger partial charge in [0.2, 0.25) is 0 Å². The lowest BCUT2D eigenvalue weighted by molar-refractivity contribution is 0.0646. The standard InChI is InChI=1S/C14H15NO2/c1-10-3-6-13(9-15)17-14(10)11-4-7-12(16-2)8-5-11/h4-8,10,14H,3H2,1-2H3/t10-,14+/m1/s1. The van der Waals surface area contributed by atoms with E-state index in [9.17, 15) is 0 Å². The minimum absolute atomic E-state index is 0.0412. The maximum Gasteiger partial charge on any atom is 0.193 e. The fraction of sp³-hybridized carbons (Fsp3) is 0.357. The van der Waals surface area contributed by atoms with Crippen LogP contribution < -0.4 is 4.74 Å². The fourth-order valence-electron chi connectivity index (χ4n) is 1.98. The molecule has 1 aromatic carbocycles. The van der Waals surface area contributed by atoms with Crippen molar-refractivity contribution in [3.05, 3.63) is 41.7 Å². The summed E-state index contributed by atoms with van der Waals surface area (Å²) in [6, 6.07) is 9.86. The van der Waals surface area contributed by atoms with Gasteiger partial charge in [0.15, 0.2) is 5.76 Å². The van der Waals surface area contributed by atoms with Gasteiger partial charge < -0.3 is 9.47 Å². The van der Waals surface area contributed by atoms with Crippen LogP contribution in [0.5, 0.6) is 5.75 Å². The molecule has 1 heterocycles. The summed E-state index contributed by atoms with van der Waals surface area (Å²) in [5, 5.41) is 8.86. The zero-order valence-corrected chi connectivity index (χ0v) is 10.0. The third-order valence-electron chi connectivity index (χ3n) is 3.00. The minimum Gasteiger partial charge on any atom is -0.497 e. The van der Waals surface area contributed by atoms with E-state index in [1.165, 1.54) is 0 Å². The van der Waals surface area contributed by atoms with E-state index >= 15 is 0 Å². The van der Waals surface area contributed by atoms with Crippen LogP contribution in [0.2, 0.25) is 0 Å². The van der Waals surface area contributed by atoms with Crippen LogP contribution >= 0.6 is 0 Å². The Morgan fingerprint density at radius 3 is 2.65 bits per heavy atom. The molecule has 0 bridgehead atoms. The quantitative estimate of drug-likeness (QED) is 0.782. The summed E-state index contributed by atoms with van der Waals surface area (Å²) < 4.78 is 10.8. The molecule has 2 atom stereocenters. The maximum absolute atomic E-state index is 8.86. The van der Waals surface area contributed by atoms with Gasteiger partial charge in [-0.25, -0.2) is 0 Å². The number of allylic oxidation sites excluding steroid dienone is 2. The number of nitrogens with zero attached hydrogens (tertiary/aromatic N) is 1. The van der Waals surface area contributed by atoms with Gasteiger partial charge in [0.05, 0.1) is 7.11 Å². The highest BCUT2D eigenvalue weighted by Crippen LogP contribution is 2.35. The highest BCUT2D eigenvalue weighted by atomic mass is 16.5. The second-order valence-electron chi connectivity index (χ2n) is 4.20. The Labute approximate surface area is 101 Å². The van der Waals surface area contributed by atoms with Gasteiger partial charge in [-0.05, 0) is 30.2 Å². The summed E-state index contributed by atoms with van der Waals surface area (Å²) in [6.07, 6.45) is 2.69. The first-order valence-corrected chi connectivity index (χ1v) is 5.65. The van der Waals surface area contributed by atoms with Crippen molar-refractivity contribution < 1.29 is 9.47 Å². The molecule has 88 valence electrons. The molecule has 0 amide bonds. The van der Waals surface area contributed by atoms with Crippen molar-refractivity contribution in [3.63, 3.8) is 0 Å². The third-order valence-corrected chi connectivity index (χ3v) is 3.00. The SMILES string of the molecule is COc1ccc([C@H]2OC(C#N)=CC[C@H]2C)cc1. The van der Waals surface area contributed by atoms with Crippen LogP contribution in [0.15, 0.2) is 36.1 Å². The van der Waals surface area contributed by atoms with E-state index in [4.69, 9.17) is 14.7 Å². The van der Waals surface area contributed by atoms with E-state index in [0.29, 0.717) is 11.7 Å². The number of benzene rings is 1. The van der Waals surface area contributed by atoms with Crippen molar-refractivity contribution in [1.29, 1.82) is 5.26 Å². The molecule has 1 aromatic rings. The van der Waals surface area contributed by atoms with Gasteiger partial charge in [0, 0.05) is 5.92 Å². The summed E-state index contributed by atoms with van der Waals surface area (Å²) in [5.41, 5.74) is 1.08. The molecule has 0 fully saturated rings. The Kier molecular flexibility index (Phi) is 3.34. The number of rotatable bonds is 2. The van der Waals surface area contributed by atoms with Gasteiger partial charge in [0.25, 0.3) is 0 Å². The molecule has 1 aliphatic rings. The van der Waals surface area contributed by atoms with Gasteiger partial charge in [-0.2, -0.15) is 5.26 Å². The second kappa shape index (κ2) is 4.92. The average Bonchev–Trinajstić information content (AvgIpc) is 2.39. The van der Waals surface area contributed by atoms with Crippen LogP contribution in [-0.4, -0.2) is 7.11 Å². The molecular formula is C14H15NO2. The van der Waals surface area contributed by atoms with Gasteiger partial charge in [-0.3, -0.25) is 0 Å². The molecule has 1 aliphatic heterocycles. The lowest BCUT2D eigenvalue weighted by Crippen LogP contribution is -2.16. The van der Waals surface area contributed by atoms with Crippen LogP contribution in [0.25, 0.3) is 0 Å². The van der Waals surface area contributed by atoms with Crippen LogP contribution in [0.1, 0.15) is 25.0 Å². The largest absolute Gasteiger partial charge is 0.497 e. The van der Waals surface area contributed by atoms with E-state index in [2.05, 4.69) is 13.0 Å². The highest BCUT2D eigenvalue weighted by Gasteiger charge is 2.25. The van der Waals surface area contributed by atoms with Gasteiger partial charge in [0.1, 0.15) is 17.9 Å². The molecule has 0 aliphatic carbocycles. The summed E-state index contributed by atoms with van der Waals surface area (Å²) in [6.45, 7) is 2.12. The summed E-state index contributed by atoms with van der Waals surface area (Å²) >= 11 is 0. The topological polar surface area (TPSA) is 42.2 Å². The van der Waals surface area contributed by atoms with Crippen molar-refractivity contribution in [3.8, 4) is 11.8 Å². The average molecular weight is 229 g/mol. The first kappa shape index (κ1) is 11.5. The molecule has 0 N–H and O–H groups in total. The number of hydrogen-bond donors (Lipinski definition) is 0. The lowest BCUT2D eigenvalue weighted by Gasteiger charge is -2.28. The molecule has 0 radical (unpaired) electrons. The van der Waals surface area contributed by atoms with Crippen molar-refractivity contribution in [2.75, 3.05) is 7.11 Å². The van der Waals surface area contributed by atoms with Crippen LogP contribution in [0, 0.1) is 17.2 Å². The van der Waals surface area contributed by atoms with Gasteiger partial charge in [-0.1, -0.05) is 19.1 Å². The predicted octanol–water partition coefficient (Wildman–Crippen LogP) is 3.20. The Morgan fingerprint density at radius 2 is 2.06 bits per heavy atom. The number of ether oxygens (including phenoxy) is 2. The van der Waals surface area contributed by atoms with Crippen LogP contribution in [0.4, 0.5) is 0 Å². The molecule has 3 nitrogen and oxygen atoms in total. The fourth-order valence-corrected chi connectivity index (χ4v) is 1.98.